The minimum absolute atomic E-state index is 0. The van der Waals surface area contributed by atoms with Gasteiger partial charge in [0.2, 0.25) is 5.91 Å². The Hall–Kier alpha value is -1.26. The summed E-state index contributed by atoms with van der Waals surface area (Å²) >= 11 is 0. The lowest BCUT2D eigenvalue weighted by atomic mass is 10.1. The van der Waals surface area contributed by atoms with Crippen LogP contribution in [0.2, 0.25) is 0 Å². The summed E-state index contributed by atoms with van der Waals surface area (Å²) in [5, 5.41) is 0. The molecule has 0 aliphatic carbocycles. The van der Waals surface area contributed by atoms with Crippen molar-refractivity contribution in [2.24, 2.45) is 5.73 Å². The average molecular weight is 327 g/mol. The standard InChI is InChI=1S/C17H26N2O2.ClH/c1-13-5-6-16(12-14(13)2)21-11-3-4-17(20)19-9-7-15(18)8-10-19;/h5-6,12,15H,3-4,7-11,18H2,1-2H3;1H. The van der Waals surface area contributed by atoms with E-state index in [-0.39, 0.29) is 24.4 Å². The van der Waals surface area contributed by atoms with E-state index in [2.05, 4.69) is 19.9 Å². The molecule has 1 aromatic carbocycles. The van der Waals surface area contributed by atoms with E-state index in [9.17, 15) is 4.79 Å². The van der Waals surface area contributed by atoms with E-state index >= 15 is 0 Å². The first-order valence-corrected chi connectivity index (χ1v) is 7.79. The van der Waals surface area contributed by atoms with Crippen LogP contribution in [0.1, 0.15) is 36.8 Å². The maximum Gasteiger partial charge on any atom is 0.222 e. The van der Waals surface area contributed by atoms with E-state index in [1.807, 2.05) is 17.0 Å². The van der Waals surface area contributed by atoms with Gasteiger partial charge in [0.15, 0.2) is 0 Å². The molecule has 2 rings (SSSR count). The van der Waals surface area contributed by atoms with E-state index in [1.54, 1.807) is 0 Å². The zero-order chi connectivity index (χ0) is 15.2. The molecule has 0 spiro atoms. The molecule has 1 aliphatic heterocycles. The third kappa shape index (κ3) is 5.50. The summed E-state index contributed by atoms with van der Waals surface area (Å²) in [4.78, 5) is 14.0. The number of hydrogen-bond donors (Lipinski definition) is 1. The molecule has 5 heteroatoms. The number of likely N-dealkylation sites (tertiary alicyclic amines) is 1. The monoisotopic (exact) mass is 326 g/mol. The summed E-state index contributed by atoms with van der Waals surface area (Å²) < 4.78 is 5.71. The van der Waals surface area contributed by atoms with Crippen molar-refractivity contribution in [3.8, 4) is 5.75 Å². The van der Waals surface area contributed by atoms with E-state index < -0.39 is 0 Å². The Bertz CT molecular complexity index is 486. The number of nitrogens with two attached hydrogens (primary N) is 1. The van der Waals surface area contributed by atoms with Crippen LogP contribution in [0.15, 0.2) is 18.2 Å². The lowest BCUT2D eigenvalue weighted by molar-refractivity contribution is -0.132. The second kappa shape index (κ2) is 9.01. The van der Waals surface area contributed by atoms with Gasteiger partial charge < -0.3 is 15.4 Å². The number of rotatable bonds is 5. The summed E-state index contributed by atoms with van der Waals surface area (Å²) in [5.74, 6) is 1.11. The van der Waals surface area contributed by atoms with Crippen LogP contribution in [0, 0.1) is 13.8 Å². The smallest absolute Gasteiger partial charge is 0.222 e. The Labute approximate surface area is 139 Å². The summed E-state index contributed by atoms with van der Waals surface area (Å²) in [6, 6.07) is 6.36. The predicted molar refractivity (Wildman–Crippen MR) is 91.7 cm³/mol. The molecule has 1 heterocycles. The van der Waals surface area contributed by atoms with E-state index in [0.29, 0.717) is 13.0 Å². The first kappa shape index (κ1) is 18.8. The van der Waals surface area contributed by atoms with Crippen molar-refractivity contribution in [1.29, 1.82) is 0 Å². The number of aryl methyl sites for hydroxylation is 2. The molecule has 22 heavy (non-hydrogen) atoms. The SMILES string of the molecule is Cc1ccc(OCCCC(=O)N2CCC(N)CC2)cc1C.Cl. The van der Waals surface area contributed by atoms with Gasteiger partial charge in [0.25, 0.3) is 0 Å². The molecule has 124 valence electrons. The zero-order valence-electron chi connectivity index (χ0n) is 13.5. The zero-order valence-corrected chi connectivity index (χ0v) is 14.3. The molecular formula is C17H27ClN2O2. The Balaban J connectivity index is 0.00000242. The molecule has 1 fully saturated rings. The fourth-order valence-electron chi connectivity index (χ4n) is 2.52. The van der Waals surface area contributed by atoms with Crippen LogP contribution >= 0.6 is 12.4 Å². The number of carbonyl (C=O) groups excluding carboxylic acids is 1. The highest BCUT2D eigenvalue weighted by Gasteiger charge is 2.19. The molecule has 0 bridgehead atoms. The number of piperidine rings is 1. The molecule has 1 amide bonds. The summed E-state index contributed by atoms with van der Waals surface area (Å²) in [6.45, 7) is 6.35. The molecule has 1 aromatic rings. The minimum atomic E-state index is 0. The fraction of sp³-hybridized carbons (Fsp3) is 0.588. The lowest BCUT2D eigenvalue weighted by Gasteiger charge is -2.30. The van der Waals surface area contributed by atoms with Crippen molar-refractivity contribution in [3.63, 3.8) is 0 Å². The quantitative estimate of drug-likeness (QED) is 0.846. The maximum atomic E-state index is 12.0. The van der Waals surface area contributed by atoms with Gasteiger partial charge in [-0.25, -0.2) is 0 Å². The molecule has 1 saturated heterocycles. The van der Waals surface area contributed by atoms with Gasteiger partial charge in [-0.15, -0.1) is 12.4 Å². The number of nitrogens with zero attached hydrogens (tertiary/aromatic N) is 1. The van der Waals surface area contributed by atoms with Crippen LogP contribution in [-0.4, -0.2) is 36.5 Å². The van der Waals surface area contributed by atoms with Crippen LogP contribution in [0.3, 0.4) is 0 Å². The van der Waals surface area contributed by atoms with Gasteiger partial charge >= 0.3 is 0 Å². The Kier molecular flexibility index (Phi) is 7.69. The van der Waals surface area contributed by atoms with Gasteiger partial charge in [0.05, 0.1) is 6.61 Å². The number of carbonyl (C=O) groups is 1. The van der Waals surface area contributed by atoms with Gasteiger partial charge in [0, 0.05) is 25.6 Å². The van der Waals surface area contributed by atoms with Gasteiger partial charge in [-0.2, -0.15) is 0 Å². The highest BCUT2D eigenvalue weighted by molar-refractivity contribution is 5.85. The summed E-state index contributed by atoms with van der Waals surface area (Å²) in [6.07, 6.45) is 3.16. The van der Waals surface area contributed by atoms with Crippen LogP contribution in [-0.2, 0) is 4.79 Å². The lowest BCUT2D eigenvalue weighted by Crippen LogP contribution is -2.42. The molecule has 1 aliphatic rings. The Morgan fingerprint density at radius 1 is 1.27 bits per heavy atom. The number of ether oxygens (including phenoxy) is 1. The van der Waals surface area contributed by atoms with Crippen molar-refractivity contribution in [3.05, 3.63) is 29.3 Å². The molecule has 4 nitrogen and oxygen atoms in total. The molecule has 0 radical (unpaired) electrons. The number of hydrogen-bond acceptors (Lipinski definition) is 3. The van der Waals surface area contributed by atoms with Crippen LogP contribution < -0.4 is 10.5 Å². The van der Waals surface area contributed by atoms with Gasteiger partial charge in [-0.3, -0.25) is 4.79 Å². The third-order valence-corrected chi connectivity index (χ3v) is 4.17. The van der Waals surface area contributed by atoms with E-state index in [0.717, 1.165) is 38.1 Å². The summed E-state index contributed by atoms with van der Waals surface area (Å²) in [5.41, 5.74) is 8.34. The Morgan fingerprint density at radius 3 is 2.59 bits per heavy atom. The summed E-state index contributed by atoms with van der Waals surface area (Å²) in [7, 11) is 0. The van der Waals surface area contributed by atoms with Gasteiger partial charge in [-0.05, 0) is 56.4 Å². The number of halogens is 1. The first-order valence-electron chi connectivity index (χ1n) is 7.79. The molecular weight excluding hydrogens is 300 g/mol. The fourth-order valence-corrected chi connectivity index (χ4v) is 2.52. The van der Waals surface area contributed by atoms with Crippen molar-refractivity contribution in [2.75, 3.05) is 19.7 Å². The van der Waals surface area contributed by atoms with Gasteiger partial charge in [-0.1, -0.05) is 6.07 Å². The first-order chi connectivity index (χ1) is 10.1. The predicted octanol–water partition coefficient (Wildman–Crippen LogP) is 2.83. The second-order valence-corrected chi connectivity index (χ2v) is 5.92. The molecule has 0 unspecified atom stereocenters. The second-order valence-electron chi connectivity index (χ2n) is 5.92. The number of benzene rings is 1. The maximum absolute atomic E-state index is 12.0. The van der Waals surface area contributed by atoms with Crippen LogP contribution in [0.4, 0.5) is 0 Å². The highest BCUT2D eigenvalue weighted by atomic mass is 35.5. The topological polar surface area (TPSA) is 55.6 Å². The third-order valence-electron chi connectivity index (χ3n) is 4.17. The van der Waals surface area contributed by atoms with Crippen LogP contribution in [0.25, 0.3) is 0 Å². The number of amides is 1. The van der Waals surface area contributed by atoms with Gasteiger partial charge in [0.1, 0.15) is 5.75 Å². The molecule has 2 N–H and O–H groups in total. The van der Waals surface area contributed by atoms with E-state index in [4.69, 9.17) is 10.5 Å². The highest BCUT2D eigenvalue weighted by Crippen LogP contribution is 2.17. The normalized spacial score (nSPS) is 15.3. The van der Waals surface area contributed by atoms with Crippen molar-refractivity contribution >= 4 is 18.3 Å². The van der Waals surface area contributed by atoms with Crippen molar-refractivity contribution in [2.45, 2.75) is 45.6 Å². The minimum Gasteiger partial charge on any atom is -0.494 e. The molecule has 0 aromatic heterocycles. The molecule has 0 atom stereocenters. The van der Waals surface area contributed by atoms with Crippen molar-refractivity contribution in [1.82, 2.24) is 4.90 Å². The van der Waals surface area contributed by atoms with Crippen molar-refractivity contribution < 1.29 is 9.53 Å². The van der Waals surface area contributed by atoms with E-state index in [1.165, 1.54) is 11.1 Å². The van der Waals surface area contributed by atoms with Crippen LogP contribution in [0.5, 0.6) is 5.75 Å². The average Bonchev–Trinajstić information content (AvgIpc) is 2.47. The Morgan fingerprint density at radius 2 is 1.95 bits per heavy atom. The molecule has 0 saturated carbocycles. The largest absolute Gasteiger partial charge is 0.494 e.